The molecule has 72 valence electrons. The second-order valence-electron chi connectivity index (χ2n) is 3.82. The maximum atomic E-state index is 11.1. The van der Waals surface area contributed by atoms with Gasteiger partial charge in [-0.15, -0.1) is 0 Å². The predicted molar refractivity (Wildman–Crippen MR) is 47.2 cm³/mol. The monoisotopic (exact) mass is 184 g/mol. The summed E-state index contributed by atoms with van der Waals surface area (Å²) in [7, 11) is 1.46. The Hall–Kier alpha value is -1.39. The SMILES string of the molecule is COc1nc(C(C)(C)C)c[n+](=O)[nH]1. The van der Waals surface area contributed by atoms with Crippen LogP contribution in [0.15, 0.2) is 6.20 Å². The maximum absolute atomic E-state index is 11.1. The minimum atomic E-state index is -0.158. The van der Waals surface area contributed by atoms with Crippen molar-refractivity contribution in [2.24, 2.45) is 0 Å². The quantitative estimate of drug-likeness (QED) is 0.651. The number of hydrogen-bond donors (Lipinski definition) is 1. The molecule has 0 amide bonds. The predicted octanol–water partition coefficient (Wildman–Crippen LogP) is 0.630. The Morgan fingerprint density at radius 1 is 1.54 bits per heavy atom. The number of H-pyrrole nitrogens is 1. The van der Waals surface area contributed by atoms with Crippen molar-refractivity contribution < 1.29 is 9.28 Å². The summed E-state index contributed by atoms with van der Waals surface area (Å²) in [6, 6.07) is 0.224. The summed E-state index contributed by atoms with van der Waals surface area (Å²) in [5, 5.41) is 2.40. The van der Waals surface area contributed by atoms with Gasteiger partial charge < -0.3 is 4.74 Å². The third kappa shape index (κ3) is 2.27. The number of aromatic amines is 1. The van der Waals surface area contributed by atoms with Crippen molar-refractivity contribution in [3.8, 4) is 6.01 Å². The number of methoxy groups -OCH3 is 1. The highest BCUT2D eigenvalue weighted by molar-refractivity contribution is 5.07. The van der Waals surface area contributed by atoms with Gasteiger partial charge in [0.05, 0.1) is 12.0 Å². The smallest absolute Gasteiger partial charge is 0.348 e. The average Bonchev–Trinajstić information content (AvgIpc) is 2.01. The molecule has 0 unspecified atom stereocenters. The van der Waals surface area contributed by atoms with E-state index in [1.54, 1.807) is 0 Å². The molecule has 0 saturated carbocycles. The Morgan fingerprint density at radius 2 is 2.15 bits per heavy atom. The van der Waals surface area contributed by atoms with Crippen molar-refractivity contribution >= 4 is 0 Å². The molecule has 0 aliphatic heterocycles. The van der Waals surface area contributed by atoms with Crippen molar-refractivity contribution in [3.63, 3.8) is 0 Å². The summed E-state index contributed by atoms with van der Waals surface area (Å²) in [5.41, 5.74) is 0.534. The molecule has 0 fully saturated rings. The van der Waals surface area contributed by atoms with Crippen LogP contribution in [0.3, 0.4) is 0 Å². The lowest BCUT2D eigenvalue weighted by atomic mass is 9.93. The highest BCUT2D eigenvalue weighted by atomic mass is 16.5. The number of nitrogens with zero attached hydrogens (tertiary/aromatic N) is 2. The fraction of sp³-hybridized carbons (Fsp3) is 0.625. The summed E-state index contributed by atoms with van der Waals surface area (Å²) in [6.45, 7) is 5.94. The van der Waals surface area contributed by atoms with Gasteiger partial charge in [0.25, 0.3) is 6.20 Å². The molecular weight excluding hydrogens is 170 g/mol. The van der Waals surface area contributed by atoms with E-state index in [1.807, 2.05) is 20.8 Å². The highest BCUT2D eigenvalue weighted by Crippen LogP contribution is 2.18. The van der Waals surface area contributed by atoms with E-state index in [2.05, 4.69) is 10.1 Å². The van der Waals surface area contributed by atoms with Crippen molar-refractivity contribution in [1.29, 1.82) is 0 Å². The lowest BCUT2D eigenvalue weighted by molar-refractivity contribution is -0.567. The molecule has 0 saturated heterocycles. The molecule has 1 aromatic rings. The van der Waals surface area contributed by atoms with E-state index in [4.69, 9.17) is 4.74 Å². The average molecular weight is 184 g/mol. The molecular formula is C8H14N3O2+. The lowest BCUT2D eigenvalue weighted by Gasteiger charge is -2.14. The van der Waals surface area contributed by atoms with Gasteiger partial charge in [0.15, 0.2) is 4.54 Å². The zero-order valence-electron chi connectivity index (χ0n) is 8.29. The van der Waals surface area contributed by atoms with Gasteiger partial charge in [-0.1, -0.05) is 25.9 Å². The first-order valence-electron chi connectivity index (χ1n) is 4.01. The fourth-order valence-corrected chi connectivity index (χ4v) is 0.854. The number of aromatic nitrogens is 3. The van der Waals surface area contributed by atoms with Crippen LogP contribution in [0.25, 0.3) is 0 Å². The number of ether oxygens (including phenoxy) is 1. The molecule has 0 aromatic carbocycles. The van der Waals surface area contributed by atoms with E-state index in [9.17, 15) is 4.91 Å². The van der Waals surface area contributed by atoms with E-state index in [1.165, 1.54) is 13.3 Å². The van der Waals surface area contributed by atoms with Gasteiger partial charge in [-0.05, 0) is 0 Å². The van der Waals surface area contributed by atoms with Gasteiger partial charge in [-0.3, -0.25) is 0 Å². The first-order valence-corrected chi connectivity index (χ1v) is 4.01. The van der Waals surface area contributed by atoms with Gasteiger partial charge in [-0.2, -0.15) is 4.98 Å². The van der Waals surface area contributed by atoms with Crippen LogP contribution in [0, 0.1) is 4.91 Å². The zero-order chi connectivity index (χ0) is 10.1. The van der Waals surface area contributed by atoms with E-state index in [-0.39, 0.29) is 11.4 Å². The molecule has 0 spiro atoms. The summed E-state index contributed by atoms with van der Waals surface area (Å²) in [6.07, 6.45) is 1.41. The molecule has 0 bridgehead atoms. The van der Waals surface area contributed by atoms with E-state index in [0.717, 1.165) is 0 Å². The van der Waals surface area contributed by atoms with Crippen molar-refractivity contribution in [3.05, 3.63) is 16.8 Å². The Morgan fingerprint density at radius 3 is 2.62 bits per heavy atom. The molecule has 13 heavy (non-hydrogen) atoms. The van der Waals surface area contributed by atoms with Gasteiger partial charge in [0.2, 0.25) is 0 Å². The zero-order valence-corrected chi connectivity index (χ0v) is 8.29. The van der Waals surface area contributed by atoms with Crippen LogP contribution in [0.2, 0.25) is 0 Å². The Kier molecular flexibility index (Phi) is 2.36. The van der Waals surface area contributed by atoms with Crippen LogP contribution in [0.1, 0.15) is 26.5 Å². The Labute approximate surface area is 76.4 Å². The molecule has 1 aromatic heterocycles. The van der Waals surface area contributed by atoms with Gasteiger partial charge >= 0.3 is 6.01 Å². The number of rotatable bonds is 1. The molecule has 0 aliphatic rings. The van der Waals surface area contributed by atoms with Crippen LogP contribution < -0.4 is 9.28 Å². The number of nitrogens with one attached hydrogen (secondary N) is 1. The molecule has 0 aliphatic carbocycles. The molecule has 1 rings (SSSR count). The third-order valence-corrected chi connectivity index (χ3v) is 1.63. The minimum absolute atomic E-state index is 0.158. The van der Waals surface area contributed by atoms with Crippen molar-refractivity contribution in [2.45, 2.75) is 26.2 Å². The Bertz CT molecular complexity index is 351. The second-order valence-corrected chi connectivity index (χ2v) is 3.82. The minimum Gasteiger partial charge on any atom is -0.465 e. The van der Waals surface area contributed by atoms with Crippen LogP contribution >= 0.6 is 0 Å². The first kappa shape index (κ1) is 9.70. The normalized spacial score (nSPS) is 11.4. The van der Waals surface area contributed by atoms with E-state index in [0.29, 0.717) is 10.2 Å². The summed E-state index contributed by atoms with van der Waals surface area (Å²) in [5.74, 6) is 0. The van der Waals surface area contributed by atoms with Crippen molar-refractivity contribution in [2.75, 3.05) is 7.11 Å². The summed E-state index contributed by atoms with van der Waals surface area (Å²) in [4.78, 5) is 15.2. The summed E-state index contributed by atoms with van der Waals surface area (Å²) >= 11 is 0. The topological polar surface area (TPSA) is 60.9 Å². The standard InChI is InChI=1S/C8H14N3O2/c1-8(2,3)6-5-11(12)10-7(9-6)13-4/h5H,1-4H3,(H,9,10,12)/q+1. The largest absolute Gasteiger partial charge is 0.465 e. The molecule has 1 N–H and O–H groups in total. The second kappa shape index (κ2) is 3.16. The molecule has 0 radical (unpaired) electrons. The molecule has 1 heterocycles. The summed E-state index contributed by atoms with van der Waals surface area (Å²) < 4.78 is 5.43. The van der Waals surface area contributed by atoms with Gasteiger partial charge in [-0.25, -0.2) is 0 Å². The maximum Gasteiger partial charge on any atom is 0.348 e. The molecule has 5 nitrogen and oxygen atoms in total. The first-order chi connectivity index (χ1) is 5.93. The van der Waals surface area contributed by atoms with Crippen molar-refractivity contribution in [1.82, 2.24) is 10.1 Å². The number of hydrogen-bond acceptors (Lipinski definition) is 3. The van der Waals surface area contributed by atoms with Crippen LogP contribution in [0.5, 0.6) is 6.01 Å². The Balaban J connectivity index is 3.24. The van der Waals surface area contributed by atoms with E-state index < -0.39 is 0 Å². The van der Waals surface area contributed by atoms with Crippen LogP contribution in [0.4, 0.5) is 0 Å². The molecule has 0 atom stereocenters. The molecule has 5 heteroatoms. The van der Waals surface area contributed by atoms with Gasteiger partial charge in [0, 0.05) is 5.41 Å². The van der Waals surface area contributed by atoms with Gasteiger partial charge in [0.1, 0.15) is 5.69 Å². The van der Waals surface area contributed by atoms with Crippen LogP contribution in [-0.4, -0.2) is 17.2 Å². The third-order valence-electron chi connectivity index (χ3n) is 1.63. The lowest BCUT2D eigenvalue weighted by Crippen LogP contribution is -2.26. The van der Waals surface area contributed by atoms with E-state index >= 15 is 0 Å². The fourth-order valence-electron chi connectivity index (χ4n) is 0.854. The van der Waals surface area contributed by atoms with Crippen LogP contribution in [-0.2, 0) is 5.41 Å². The highest BCUT2D eigenvalue weighted by Gasteiger charge is 2.21.